The van der Waals surface area contributed by atoms with E-state index in [2.05, 4.69) is 4.90 Å². The SMILES string of the molecule is S=C1SCCN1Cc1ccc(Cl)cc1. The lowest BCUT2D eigenvalue weighted by Crippen LogP contribution is -2.22. The summed E-state index contributed by atoms with van der Waals surface area (Å²) in [4.78, 5) is 2.23. The van der Waals surface area contributed by atoms with Crippen molar-refractivity contribution in [1.82, 2.24) is 4.90 Å². The fourth-order valence-corrected chi connectivity index (χ4v) is 2.74. The van der Waals surface area contributed by atoms with Gasteiger partial charge in [0.05, 0.1) is 0 Å². The van der Waals surface area contributed by atoms with E-state index in [-0.39, 0.29) is 0 Å². The molecule has 0 amide bonds. The maximum atomic E-state index is 5.81. The predicted molar refractivity (Wildman–Crippen MR) is 66.9 cm³/mol. The van der Waals surface area contributed by atoms with E-state index >= 15 is 0 Å². The molecule has 0 aromatic heterocycles. The monoisotopic (exact) mass is 243 g/mol. The van der Waals surface area contributed by atoms with Crippen molar-refractivity contribution >= 4 is 39.9 Å². The molecule has 1 saturated heterocycles. The van der Waals surface area contributed by atoms with Gasteiger partial charge in [0.2, 0.25) is 0 Å². The smallest absolute Gasteiger partial charge is 0.136 e. The number of hydrogen-bond donors (Lipinski definition) is 0. The highest BCUT2D eigenvalue weighted by atomic mass is 35.5. The normalized spacial score (nSPS) is 16.4. The van der Waals surface area contributed by atoms with Crippen molar-refractivity contribution in [2.24, 2.45) is 0 Å². The number of nitrogens with zero attached hydrogens (tertiary/aromatic N) is 1. The molecule has 0 spiro atoms. The summed E-state index contributed by atoms with van der Waals surface area (Å²) < 4.78 is 1.01. The summed E-state index contributed by atoms with van der Waals surface area (Å²) in [6.07, 6.45) is 0. The van der Waals surface area contributed by atoms with Gasteiger partial charge in [-0.1, -0.05) is 47.7 Å². The molecule has 0 saturated carbocycles. The molecule has 14 heavy (non-hydrogen) atoms. The minimum Gasteiger partial charge on any atom is -0.352 e. The van der Waals surface area contributed by atoms with Gasteiger partial charge in [-0.25, -0.2) is 0 Å². The van der Waals surface area contributed by atoms with E-state index in [9.17, 15) is 0 Å². The average molecular weight is 244 g/mol. The number of halogens is 1. The van der Waals surface area contributed by atoms with E-state index < -0.39 is 0 Å². The molecule has 1 aliphatic rings. The molecule has 2 rings (SSSR count). The van der Waals surface area contributed by atoms with Crippen molar-refractivity contribution in [3.63, 3.8) is 0 Å². The molecule has 0 atom stereocenters. The zero-order valence-corrected chi connectivity index (χ0v) is 9.96. The molecule has 1 aromatic carbocycles. The van der Waals surface area contributed by atoms with Crippen LogP contribution >= 0.6 is 35.6 Å². The molecule has 1 aromatic rings. The van der Waals surface area contributed by atoms with Gasteiger partial charge >= 0.3 is 0 Å². The van der Waals surface area contributed by atoms with Gasteiger partial charge in [-0.05, 0) is 17.7 Å². The van der Waals surface area contributed by atoms with Crippen LogP contribution in [0.2, 0.25) is 5.02 Å². The van der Waals surface area contributed by atoms with Crippen LogP contribution in [-0.2, 0) is 6.54 Å². The zero-order chi connectivity index (χ0) is 9.97. The molecule has 74 valence electrons. The summed E-state index contributed by atoms with van der Waals surface area (Å²) in [5, 5.41) is 0.784. The fourth-order valence-electron chi connectivity index (χ4n) is 1.38. The highest BCUT2D eigenvalue weighted by molar-refractivity contribution is 8.23. The van der Waals surface area contributed by atoms with Crippen molar-refractivity contribution in [2.75, 3.05) is 12.3 Å². The summed E-state index contributed by atoms with van der Waals surface area (Å²) in [5.41, 5.74) is 1.26. The van der Waals surface area contributed by atoms with Gasteiger partial charge in [0.15, 0.2) is 0 Å². The Hall–Kier alpha value is -0.250. The first-order chi connectivity index (χ1) is 6.75. The maximum absolute atomic E-state index is 5.81. The van der Waals surface area contributed by atoms with Crippen LogP contribution in [0.25, 0.3) is 0 Å². The van der Waals surface area contributed by atoms with E-state index in [1.54, 1.807) is 11.8 Å². The summed E-state index contributed by atoms with van der Waals surface area (Å²) in [6.45, 7) is 1.97. The molecular formula is C10H10ClNS2. The van der Waals surface area contributed by atoms with Crippen LogP contribution < -0.4 is 0 Å². The molecule has 0 radical (unpaired) electrons. The van der Waals surface area contributed by atoms with Crippen molar-refractivity contribution in [3.8, 4) is 0 Å². The van der Waals surface area contributed by atoms with E-state index in [4.69, 9.17) is 23.8 Å². The number of benzene rings is 1. The number of hydrogen-bond acceptors (Lipinski definition) is 2. The average Bonchev–Trinajstić information content (AvgIpc) is 2.56. The minimum absolute atomic E-state index is 0.784. The van der Waals surface area contributed by atoms with Crippen molar-refractivity contribution in [1.29, 1.82) is 0 Å². The second-order valence-electron chi connectivity index (χ2n) is 3.16. The number of thiocarbonyl (C=S) groups is 1. The summed E-state index contributed by atoms with van der Waals surface area (Å²) >= 11 is 12.8. The molecule has 0 unspecified atom stereocenters. The lowest BCUT2D eigenvalue weighted by molar-refractivity contribution is 0.464. The van der Waals surface area contributed by atoms with Gasteiger partial charge in [-0.15, -0.1) is 0 Å². The molecule has 1 nitrogen and oxygen atoms in total. The van der Waals surface area contributed by atoms with Crippen molar-refractivity contribution in [2.45, 2.75) is 6.54 Å². The van der Waals surface area contributed by atoms with Gasteiger partial charge in [-0.2, -0.15) is 0 Å². The first kappa shape index (κ1) is 10.3. The topological polar surface area (TPSA) is 3.24 Å². The molecule has 1 fully saturated rings. The Morgan fingerprint density at radius 2 is 2.07 bits per heavy atom. The standard InChI is InChI=1S/C10H10ClNS2/c11-9-3-1-8(2-4-9)7-12-5-6-14-10(12)13/h1-4H,5-7H2. The van der Waals surface area contributed by atoms with Gasteiger partial charge in [0.25, 0.3) is 0 Å². The summed E-state index contributed by atoms with van der Waals surface area (Å²) in [5.74, 6) is 1.12. The van der Waals surface area contributed by atoms with Crippen LogP contribution in [0, 0.1) is 0 Å². The lowest BCUT2D eigenvalue weighted by Gasteiger charge is -2.16. The molecule has 0 N–H and O–H groups in total. The lowest BCUT2D eigenvalue weighted by atomic mass is 10.2. The second-order valence-corrected chi connectivity index (χ2v) is 5.33. The van der Waals surface area contributed by atoms with Crippen LogP contribution in [0.3, 0.4) is 0 Å². The van der Waals surface area contributed by atoms with Gasteiger partial charge in [0.1, 0.15) is 4.32 Å². The number of thioether (sulfide) groups is 1. The first-order valence-electron chi connectivity index (χ1n) is 4.42. The number of rotatable bonds is 2. The van der Waals surface area contributed by atoms with E-state index in [0.717, 1.165) is 28.2 Å². The Bertz CT molecular complexity index is 336. The fraction of sp³-hybridized carbons (Fsp3) is 0.300. The molecular weight excluding hydrogens is 234 g/mol. The largest absolute Gasteiger partial charge is 0.352 e. The van der Waals surface area contributed by atoms with Crippen LogP contribution in [0.4, 0.5) is 0 Å². The summed E-state index contributed by atoms with van der Waals surface area (Å²) in [6, 6.07) is 7.94. The molecule has 0 aliphatic carbocycles. The van der Waals surface area contributed by atoms with Crippen LogP contribution in [0.1, 0.15) is 5.56 Å². The molecule has 4 heteroatoms. The third-order valence-electron chi connectivity index (χ3n) is 2.13. The third kappa shape index (κ3) is 2.41. The van der Waals surface area contributed by atoms with Crippen LogP contribution in [-0.4, -0.2) is 21.5 Å². The van der Waals surface area contributed by atoms with Gasteiger partial charge in [0, 0.05) is 23.9 Å². The zero-order valence-electron chi connectivity index (χ0n) is 7.57. The van der Waals surface area contributed by atoms with Gasteiger partial charge < -0.3 is 4.90 Å². The predicted octanol–water partition coefficient (Wildman–Crippen LogP) is 3.17. The van der Waals surface area contributed by atoms with E-state index in [0.29, 0.717) is 0 Å². The Kier molecular flexibility index (Phi) is 3.31. The van der Waals surface area contributed by atoms with Crippen LogP contribution in [0.15, 0.2) is 24.3 Å². The molecule has 1 heterocycles. The minimum atomic E-state index is 0.784. The van der Waals surface area contributed by atoms with E-state index in [1.807, 2.05) is 24.3 Å². The Morgan fingerprint density at radius 1 is 1.36 bits per heavy atom. The van der Waals surface area contributed by atoms with Gasteiger partial charge in [-0.3, -0.25) is 0 Å². The second kappa shape index (κ2) is 4.51. The maximum Gasteiger partial charge on any atom is 0.136 e. The van der Waals surface area contributed by atoms with Crippen molar-refractivity contribution < 1.29 is 0 Å². The van der Waals surface area contributed by atoms with Crippen molar-refractivity contribution in [3.05, 3.63) is 34.9 Å². The Labute approximate surface area is 98.4 Å². The molecule has 1 aliphatic heterocycles. The first-order valence-corrected chi connectivity index (χ1v) is 6.19. The van der Waals surface area contributed by atoms with Crippen LogP contribution in [0.5, 0.6) is 0 Å². The van der Waals surface area contributed by atoms with E-state index in [1.165, 1.54) is 5.56 Å². The molecule has 0 bridgehead atoms. The Morgan fingerprint density at radius 3 is 2.64 bits per heavy atom. The Balaban J connectivity index is 2.03. The quantitative estimate of drug-likeness (QED) is 0.735. The highest BCUT2D eigenvalue weighted by Crippen LogP contribution is 2.20. The summed E-state index contributed by atoms with van der Waals surface area (Å²) in [7, 11) is 0. The third-order valence-corrected chi connectivity index (χ3v) is 3.89. The highest BCUT2D eigenvalue weighted by Gasteiger charge is 2.16.